The highest BCUT2D eigenvalue weighted by atomic mass is 35.5. The van der Waals surface area contributed by atoms with Gasteiger partial charge in [0.2, 0.25) is 5.78 Å². The summed E-state index contributed by atoms with van der Waals surface area (Å²) in [6.07, 6.45) is 0. The molecule has 5 heteroatoms. The van der Waals surface area contributed by atoms with Gasteiger partial charge in [-0.25, -0.2) is 0 Å². The van der Waals surface area contributed by atoms with Crippen LogP contribution in [0.2, 0.25) is 5.02 Å². The number of nitrogens with one attached hydrogen (secondary N) is 1. The van der Waals surface area contributed by atoms with Gasteiger partial charge in [0.15, 0.2) is 5.76 Å². The smallest absolute Gasteiger partial charge is 0.255 e. The number of hydrogen-bond donors (Lipinski definition) is 1. The monoisotopic (exact) mass is 403 g/mol. The zero-order valence-electron chi connectivity index (χ0n) is 16.0. The summed E-state index contributed by atoms with van der Waals surface area (Å²) in [7, 11) is 0. The van der Waals surface area contributed by atoms with Gasteiger partial charge in [0.05, 0.1) is 0 Å². The standard InChI is InChI=1S/C24H18ClNO3/c1-14-6-8-16(9-7-14)22(27)23-15(2)20-13-19(10-11-21(20)29-23)26-24(28)17-4-3-5-18(25)12-17/h3-13H,1-2H3,(H,26,28). The first kappa shape index (κ1) is 19.0. The van der Waals surface area contributed by atoms with Gasteiger partial charge < -0.3 is 9.73 Å². The molecule has 0 atom stereocenters. The third-order valence-electron chi connectivity index (χ3n) is 4.80. The summed E-state index contributed by atoms with van der Waals surface area (Å²) in [6, 6.07) is 19.4. The van der Waals surface area contributed by atoms with E-state index in [1.54, 1.807) is 48.5 Å². The SMILES string of the molecule is Cc1ccc(C(=O)c2oc3ccc(NC(=O)c4cccc(Cl)c4)cc3c2C)cc1. The van der Waals surface area contributed by atoms with E-state index in [-0.39, 0.29) is 11.7 Å². The van der Waals surface area contributed by atoms with E-state index in [4.69, 9.17) is 16.0 Å². The molecule has 0 bridgehead atoms. The van der Waals surface area contributed by atoms with Gasteiger partial charge in [-0.1, -0.05) is 47.5 Å². The minimum atomic E-state index is -0.260. The van der Waals surface area contributed by atoms with Gasteiger partial charge in [0.25, 0.3) is 5.91 Å². The van der Waals surface area contributed by atoms with Crippen molar-refractivity contribution in [1.29, 1.82) is 0 Å². The molecule has 0 aliphatic carbocycles. The minimum Gasteiger partial charge on any atom is -0.452 e. The molecule has 0 spiro atoms. The first-order valence-electron chi connectivity index (χ1n) is 9.14. The Morgan fingerprint density at radius 1 is 0.897 bits per heavy atom. The molecule has 0 saturated carbocycles. The van der Waals surface area contributed by atoms with E-state index in [2.05, 4.69) is 5.32 Å². The van der Waals surface area contributed by atoms with E-state index in [0.717, 1.165) is 16.5 Å². The molecule has 1 aromatic heterocycles. The van der Waals surface area contributed by atoms with Crippen LogP contribution in [-0.2, 0) is 0 Å². The molecule has 0 aliphatic rings. The van der Waals surface area contributed by atoms with Crippen molar-refractivity contribution in [1.82, 2.24) is 0 Å². The number of halogens is 1. The quantitative estimate of drug-likeness (QED) is 0.413. The highest BCUT2D eigenvalue weighted by Gasteiger charge is 2.19. The third kappa shape index (κ3) is 3.80. The molecule has 1 N–H and O–H groups in total. The van der Waals surface area contributed by atoms with Crippen LogP contribution in [0, 0.1) is 13.8 Å². The molecule has 0 saturated heterocycles. The highest BCUT2D eigenvalue weighted by molar-refractivity contribution is 6.31. The first-order chi connectivity index (χ1) is 13.9. The number of rotatable bonds is 4. The number of aryl methyl sites for hydroxylation is 2. The topological polar surface area (TPSA) is 59.3 Å². The highest BCUT2D eigenvalue weighted by Crippen LogP contribution is 2.29. The zero-order chi connectivity index (χ0) is 20.5. The number of amides is 1. The van der Waals surface area contributed by atoms with Crippen LogP contribution in [0.4, 0.5) is 5.69 Å². The maximum atomic E-state index is 12.9. The molecular weight excluding hydrogens is 386 g/mol. The number of benzene rings is 3. The van der Waals surface area contributed by atoms with Crippen molar-refractivity contribution in [3.05, 3.63) is 99.8 Å². The number of hydrogen-bond acceptors (Lipinski definition) is 3. The molecule has 29 heavy (non-hydrogen) atoms. The number of carbonyl (C=O) groups excluding carboxylic acids is 2. The van der Waals surface area contributed by atoms with Crippen LogP contribution in [0.3, 0.4) is 0 Å². The zero-order valence-corrected chi connectivity index (χ0v) is 16.7. The maximum absolute atomic E-state index is 12.9. The number of ketones is 1. The van der Waals surface area contributed by atoms with Crippen molar-refractivity contribution in [2.24, 2.45) is 0 Å². The fourth-order valence-electron chi connectivity index (χ4n) is 3.18. The predicted molar refractivity (Wildman–Crippen MR) is 115 cm³/mol. The van der Waals surface area contributed by atoms with Crippen molar-refractivity contribution >= 4 is 39.9 Å². The lowest BCUT2D eigenvalue weighted by Crippen LogP contribution is -2.11. The summed E-state index contributed by atoms with van der Waals surface area (Å²) < 4.78 is 5.83. The molecule has 4 aromatic rings. The summed E-state index contributed by atoms with van der Waals surface area (Å²) >= 11 is 5.96. The largest absolute Gasteiger partial charge is 0.452 e. The summed E-state index contributed by atoms with van der Waals surface area (Å²) in [5, 5.41) is 4.14. The van der Waals surface area contributed by atoms with Crippen LogP contribution in [0.1, 0.15) is 37.6 Å². The Hall–Kier alpha value is -3.37. The Morgan fingerprint density at radius 3 is 2.38 bits per heavy atom. The Balaban J connectivity index is 1.64. The molecule has 1 heterocycles. The van der Waals surface area contributed by atoms with E-state index < -0.39 is 0 Å². The van der Waals surface area contributed by atoms with Gasteiger partial charge in [-0.05, 0) is 50.2 Å². The van der Waals surface area contributed by atoms with Crippen LogP contribution < -0.4 is 5.32 Å². The molecule has 1 amide bonds. The van der Waals surface area contributed by atoms with Gasteiger partial charge in [0.1, 0.15) is 5.58 Å². The third-order valence-corrected chi connectivity index (χ3v) is 5.04. The van der Waals surface area contributed by atoms with Crippen molar-refractivity contribution in [2.45, 2.75) is 13.8 Å². The van der Waals surface area contributed by atoms with Crippen molar-refractivity contribution in [2.75, 3.05) is 5.32 Å². The van der Waals surface area contributed by atoms with Gasteiger partial charge in [0, 0.05) is 32.8 Å². The van der Waals surface area contributed by atoms with Crippen LogP contribution in [0.25, 0.3) is 11.0 Å². The fraction of sp³-hybridized carbons (Fsp3) is 0.0833. The van der Waals surface area contributed by atoms with Crippen molar-refractivity contribution in [3.63, 3.8) is 0 Å². The number of anilines is 1. The van der Waals surface area contributed by atoms with Crippen LogP contribution in [-0.4, -0.2) is 11.7 Å². The number of carbonyl (C=O) groups is 2. The lowest BCUT2D eigenvalue weighted by molar-refractivity contribution is 0.101. The normalized spacial score (nSPS) is 10.9. The van der Waals surface area contributed by atoms with Gasteiger partial charge >= 0.3 is 0 Å². The molecule has 4 nitrogen and oxygen atoms in total. The lowest BCUT2D eigenvalue weighted by Gasteiger charge is -2.05. The fourth-order valence-corrected chi connectivity index (χ4v) is 3.37. The Morgan fingerprint density at radius 2 is 1.66 bits per heavy atom. The second-order valence-electron chi connectivity index (χ2n) is 6.93. The molecule has 0 fully saturated rings. The summed E-state index contributed by atoms with van der Waals surface area (Å²) in [4.78, 5) is 25.3. The van der Waals surface area contributed by atoms with E-state index in [0.29, 0.717) is 33.2 Å². The minimum absolute atomic E-state index is 0.164. The van der Waals surface area contributed by atoms with E-state index in [1.165, 1.54) is 0 Å². The molecule has 0 aliphatic heterocycles. The average Bonchev–Trinajstić information content (AvgIpc) is 3.04. The predicted octanol–water partition coefficient (Wildman–Crippen LogP) is 6.19. The molecule has 144 valence electrons. The van der Waals surface area contributed by atoms with Crippen molar-refractivity contribution < 1.29 is 14.0 Å². The molecular formula is C24H18ClNO3. The Kier molecular flexibility index (Phi) is 4.95. The van der Waals surface area contributed by atoms with Gasteiger partial charge in [-0.2, -0.15) is 0 Å². The summed E-state index contributed by atoms with van der Waals surface area (Å²) in [5.41, 5.74) is 4.08. The van der Waals surface area contributed by atoms with Gasteiger partial charge in [-0.15, -0.1) is 0 Å². The van der Waals surface area contributed by atoms with E-state index in [1.807, 2.05) is 32.0 Å². The van der Waals surface area contributed by atoms with Crippen LogP contribution >= 0.6 is 11.6 Å². The van der Waals surface area contributed by atoms with Crippen LogP contribution in [0.5, 0.6) is 0 Å². The molecule has 3 aromatic carbocycles. The Bertz CT molecular complexity index is 1240. The molecule has 0 unspecified atom stereocenters. The molecule has 0 radical (unpaired) electrons. The number of furan rings is 1. The van der Waals surface area contributed by atoms with Gasteiger partial charge in [-0.3, -0.25) is 9.59 Å². The Labute approximate surface area is 173 Å². The van der Waals surface area contributed by atoms with Crippen molar-refractivity contribution in [3.8, 4) is 0 Å². The summed E-state index contributed by atoms with van der Waals surface area (Å²) in [5.74, 6) is -0.116. The maximum Gasteiger partial charge on any atom is 0.255 e. The summed E-state index contributed by atoms with van der Waals surface area (Å²) in [6.45, 7) is 3.82. The number of fused-ring (bicyclic) bond motifs is 1. The van der Waals surface area contributed by atoms with E-state index >= 15 is 0 Å². The first-order valence-corrected chi connectivity index (χ1v) is 9.51. The lowest BCUT2D eigenvalue weighted by atomic mass is 10.0. The van der Waals surface area contributed by atoms with Crippen LogP contribution in [0.15, 0.2) is 71.1 Å². The van der Waals surface area contributed by atoms with E-state index in [9.17, 15) is 9.59 Å². The average molecular weight is 404 g/mol. The second-order valence-corrected chi connectivity index (χ2v) is 7.36. The second kappa shape index (κ2) is 7.57. The molecule has 4 rings (SSSR count).